The van der Waals surface area contributed by atoms with E-state index in [1.807, 2.05) is 12.4 Å². The van der Waals surface area contributed by atoms with Crippen molar-refractivity contribution in [1.82, 2.24) is 14.5 Å². The van der Waals surface area contributed by atoms with E-state index in [1.54, 1.807) is 0 Å². The molecular weight excluding hydrogens is 282 g/mol. The average Bonchev–Trinajstić information content (AvgIpc) is 2.87. The van der Waals surface area contributed by atoms with Gasteiger partial charge in [0.15, 0.2) is 0 Å². The molecule has 108 valence electrons. The first kappa shape index (κ1) is 14.1. The lowest BCUT2D eigenvalue weighted by molar-refractivity contribution is 0.622. The molecule has 0 radical (unpaired) electrons. The fraction of sp³-hybridized carbons (Fsp3) is 0.294. The zero-order valence-electron chi connectivity index (χ0n) is 12.3. The molecule has 3 aromatic rings. The minimum Gasteiger partial charge on any atom is -0.320 e. The number of alkyl halides is 1. The van der Waals surface area contributed by atoms with Gasteiger partial charge in [0.2, 0.25) is 0 Å². The summed E-state index contributed by atoms with van der Waals surface area (Å²) >= 11 is 5.96. The number of benzene rings is 1. The van der Waals surface area contributed by atoms with Gasteiger partial charge >= 0.3 is 0 Å². The van der Waals surface area contributed by atoms with E-state index < -0.39 is 0 Å². The molecule has 21 heavy (non-hydrogen) atoms. The summed E-state index contributed by atoms with van der Waals surface area (Å²) in [6.07, 6.45) is 4.43. The van der Waals surface area contributed by atoms with Gasteiger partial charge in [-0.3, -0.25) is 4.98 Å². The van der Waals surface area contributed by atoms with Crippen LogP contribution in [-0.4, -0.2) is 20.4 Å². The molecule has 0 aliphatic carbocycles. The van der Waals surface area contributed by atoms with Crippen molar-refractivity contribution in [2.24, 2.45) is 0 Å². The van der Waals surface area contributed by atoms with Crippen LogP contribution >= 0.6 is 11.6 Å². The smallest absolute Gasteiger partial charge is 0.111 e. The van der Waals surface area contributed by atoms with E-state index in [4.69, 9.17) is 16.6 Å². The molecule has 1 unspecified atom stereocenters. The highest BCUT2D eigenvalue weighted by Gasteiger charge is 2.18. The van der Waals surface area contributed by atoms with Gasteiger partial charge in [0.25, 0.3) is 0 Å². The van der Waals surface area contributed by atoms with Crippen molar-refractivity contribution in [2.75, 3.05) is 5.88 Å². The molecule has 0 fully saturated rings. The Morgan fingerprint density at radius 1 is 1.19 bits per heavy atom. The van der Waals surface area contributed by atoms with Crippen molar-refractivity contribution < 1.29 is 0 Å². The van der Waals surface area contributed by atoms with Crippen LogP contribution in [0.15, 0.2) is 42.7 Å². The molecule has 0 aliphatic rings. The van der Waals surface area contributed by atoms with Gasteiger partial charge in [-0.2, -0.15) is 0 Å². The van der Waals surface area contributed by atoms with Crippen LogP contribution in [0.3, 0.4) is 0 Å². The van der Waals surface area contributed by atoms with Crippen LogP contribution in [0.25, 0.3) is 11.0 Å². The monoisotopic (exact) mass is 299 g/mol. The van der Waals surface area contributed by atoms with Gasteiger partial charge in [0, 0.05) is 24.7 Å². The molecule has 0 saturated heterocycles. The maximum atomic E-state index is 5.96. The van der Waals surface area contributed by atoms with Gasteiger partial charge in [-0.05, 0) is 43.2 Å². The Hall–Kier alpha value is -1.87. The Balaban J connectivity index is 2.21. The fourth-order valence-corrected chi connectivity index (χ4v) is 3.01. The number of hydrogen-bond acceptors (Lipinski definition) is 2. The highest BCUT2D eigenvalue weighted by Crippen LogP contribution is 2.28. The van der Waals surface area contributed by atoms with Crippen LogP contribution in [0.4, 0.5) is 0 Å². The molecule has 0 aliphatic heterocycles. The molecule has 0 saturated carbocycles. The average molecular weight is 300 g/mol. The number of rotatable bonds is 4. The summed E-state index contributed by atoms with van der Waals surface area (Å²) in [5, 5.41) is 0. The van der Waals surface area contributed by atoms with Crippen molar-refractivity contribution in [3.8, 4) is 0 Å². The number of pyridine rings is 1. The first-order valence-corrected chi connectivity index (χ1v) is 7.68. The fourth-order valence-electron chi connectivity index (χ4n) is 2.84. The second-order valence-electron chi connectivity index (χ2n) is 5.24. The Morgan fingerprint density at radius 3 is 2.67 bits per heavy atom. The zero-order valence-corrected chi connectivity index (χ0v) is 13.0. The third-order valence-electron chi connectivity index (χ3n) is 3.88. The van der Waals surface area contributed by atoms with Crippen molar-refractivity contribution in [2.45, 2.75) is 26.3 Å². The molecule has 0 bridgehead atoms. The molecule has 0 spiro atoms. The van der Waals surface area contributed by atoms with E-state index in [0.717, 1.165) is 17.8 Å². The minimum absolute atomic E-state index is 0.206. The van der Waals surface area contributed by atoms with Crippen LogP contribution < -0.4 is 0 Å². The number of nitrogens with zero attached hydrogens (tertiary/aromatic N) is 3. The first-order valence-electron chi connectivity index (χ1n) is 7.14. The molecule has 4 heteroatoms. The zero-order chi connectivity index (χ0) is 14.8. The van der Waals surface area contributed by atoms with Gasteiger partial charge in [-0.15, -0.1) is 11.6 Å². The molecule has 0 N–H and O–H groups in total. The summed E-state index contributed by atoms with van der Waals surface area (Å²) < 4.78 is 2.31. The van der Waals surface area contributed by atoms with Crippen LogP contribution in [0, 0.1) is 6.92 Å². The van der Waals surface area contributed by atoms with Crippen molar-refractivity contribution in [3.05, 3.63) is 59.7 Å². The number of aromatic nitrogens is 3. The summed E-state index contributed by atoms with van der Waals surface area (Å²) in [6.45, 7) is 4.32. The second kappa shape index (κ2) is 5.86. The quantitative estimate of drug-likeness (QED) is 0.678. The third-order valence-corrected chi connectivity index (χ3v) is 4.07. The lowest BCUT2D eigenvalue weighted by atomic mass is 10.1. The third kappa shape index (κ3) is 2.54. The number of para-hydroxylation sites is 1. The van der Waals surface area contributed by atoms with E-state index >= 15 is 0 Å². The van der Waals surface area contributed by atoms with Crippen molar-refractivity contribution >= 4 is 22.6 Å². The molecule has 1 aromatic carbocycles. The summed E-state index contributed by atoms with van der Waals surface area (Å²) in [5.74, 6) is 1.62. The topological polar surface area (TPSA) is 30.7 Å². The standard InChI is InChI=1S/C17H18ClN3/c1-12-4-3-5-15-17(12)21(16(20-15)6-9-18)13(2)14-7-10-19-11-8-14/h3-5,7-8,10-11,13H,6,9H2,1-2H3. The Kier molecular flexibility index (Phi) is 3.93. The van der Waals surface area contributed by atoms with Crippen LogP contribution in [-0.2, 0) is 6.42 Å². The van der Waals surface area contributed by atoms with Crippen LogP contribution in [0.5, 0.6) is 0 Å². The Morgan fingerprint density at radius 2 is 1.95 bits per heavy atom. The molecular formula is C17H18ClN3. The highest BCUT2D eigenvalue weighted by molar-refractivity contribution is 6.17. The first-order chi connectivity index (χ1) is 10.2. The van der Waals surface area contributed by atoms with Crippen LogP contribution in [0.1, 0.15) is 29.9 Å². The largest absolute Gasteiger partial charge is 0.320 e. The van der Waals surface area contributed by atoms with Crippen molar-refractivity contribution in [3.63, 3.8) is 0 Å². The molecule has 3 rings (SSSR count). The van der Waals surface area contributed by atoms with Gasteiger partial charge < -0.3 is 4.57 Å². The van der Waals surface area contributed by atoms with E-state index in [0.29, 0.717) is 5.88 Å². The minimum atomic E-state index is 0.206. The molecule has 2 aromatic heterocycles. The van der Waals surface area contributed by atoms with Gasteiger partial charge in [0.05, 0.1) is 17.1 Å². The van der Waals surface area contributed by atoms with Crippen molar-refractivity contribution in [1.29, 1.82) is 0 Å². The van der Waals surface area contributed by atoms with Gasteiger partial charge in [0.1, 0.15) is 5.82 Å². The Labute approximate surface area is 129 Å². The van der Waals surface area contributed by atoms with E-state index in [-0.39, 0.29) is 6.04 Å². The van der Waals surface area contributed by atoms with Gasteiger partial charge in [-0.25, -0.2) is 4.98 Å². The molecule has 3 nitrogen and oxygen atoms in total. The van der Waals surface area contributed by atoms with Gasteiger partial charge in [-0.1, -0.05) is 12.1 Å². The highest BCUT2D eigenvalue weighted by atomic mass is 35.5. The summed E-state index contributed by atoms with van der Waals surface area (Å²) in [4.78, 5) is 8.87. The predicted molar refractivity (Wildman–Crippen MR) is 86.9 cm³/mol. The lowest BCUT2D eigenvalue weighted by Crippen LogP contribution is -2.12. The molecule has 1 atom stereocenters. The van der Waals surface area contributed by atoms with Crippen LogP contribution in [0.2, 0.25) is 0 Å². The van der Waals surface area contributed by atoms with E-state index in [1.165, 1.54) is 16.6 Å². The van der Waals surface area contributed by atoms with E-state index in [9.17, 15) is 0 Å². The van der Waals surface area contributed by atoms with E-state index in [2.05, 4.69) is 53.7 Å². The Bertz CT molecular complexity index is 749. The summed E-state index contributed by atoms with van der Waals surface area (Å²) in [7, 11) is 0. The second-order valence-corrected chi connectivity index (χ2v) is 5.61. The number of hydrogen-bond donors (Lipinski definition) is 0. The number of halogens is 1. The normalized spacial score (nSPS) is 12.7. The summed E-state index contributed by atoms with van der Waals surface area (Å²) in [5.41, 5.74) is 4.70. The number of imidazole rings is 1. The number of aryl methyl sites for hydroxylation is 2. The summed E-state index contributed by atoms with van der Waals surface area (Å²) in [6, 6.07) is 10.6. The lowest BCUT2D eigenvalue weighted by Gasteiger charge is -2.18. The maximum absolute atomic E-state index is 5.96. The predicted octanol–water partition coefficient (Wildman–Crippen LogP) is 4.13. The maximum Gasteiger partial charge on any atom is 0.111 e. The SMILES string of the molecule is Cc1cccc2nc(CCCl)n(C(C)c3ccncc3)c12. The number of fused-ring (bicyclic) bond motifs is 1. The molecule has 0 amide bonds. The molecule has 2 heterocycles.